The Morgan fingerprint density at radius 2 is 1.96 bits per heavy atom. The summed E-state index contributed by atoms with van der Waals surface area (Å²) < 4.78 is 0.959. The summed E-state index contributed by atoms with van der Waals surface area (Å²) in [5, 5.41) is 10.7. The van der Waals surface area contributed by atoms with Gasteiger partial charge in [-0.15, -0.1) is 0 Å². The van der Waals surface area contributed by atoms with E-state index in [2.05, 4.69) is 14.8 Å². The Bertz CT molecular complexity index is 1290. The van der Waals surface area contributed by atoms with Crippen molar-refractivity contribution in [2.75, 3.05) is 0 Å². The van der Waals surface area contributed by atoms with Gasteiger partial charge in [-0.2, -0.15) is 0 Å². The van der Waals surface area contributed by atoms with Crippen LogP contribution in [0.25, 0.3) is 22.2 Å². The van der Waals surface area contributed by atoms with E-state index in [0.717, 1.165) is 15.8 Å². The highest BCUT2D eigenvalue weighted by molar-refractivity contribution is 6.21. The minimum atomic E-state index is -0.790. The smallest absolute Gasteiger partial charge is 0.335 e. The number of allylic oxidation sites excluding steroid dienone is 1. The lowest BCUT2D eigenvalue weighted by molar-refractivity contribution is 0.429. The van der Waals surface area contributed by atoms with Crippen LogP contribution in [0.4, 0.5) is 11.4 Å². The Morgan fingerprint density at radius 1 is 1.15 bits per heavy atom. The standard InChI is InChI=1S/C20H12N4O3/c1-21-13-5-4-6-14(10-13)24-19(26)16(18(25)23-20(24)27)9-12-11-22-17-8-3-2-7-15(12)17/h2-11,26H,(H,23,25,27)/b12-9+. The number of nitrogens with zero attached hydrogens (tertiary/aromatic N) is 3. The van der Waals surface area contributed by atoms with Crippen LogP contribution < -0.4 is 11.2 Å². The third kappa shape index (κ3) is 2.75. The quantitative estimate of drug-likeness (QED) is 0.691. The molecule has 27 heavy (non-hydrogen) atoms. The van der Waals surface area contributed by atoms with Crippen LogP contribution in [0.3, 0.4) is 0 Å². The summed E-state index contributed by atoms with van der Waals surface area (Å²) in [5.41, 5.74) is 1.25. The molecule has 0 saturated heterocycles. The van der Waals surface area contributed by atoms with Gasteiger partial charge >= 0.3 is 5.69 Å². The van der Waals surface area contributed by atoms with Crippen molar-refractivity contribution in [1.29, 1.82) is 0 Å². The molecule has 7 nitrogen and oxygen atoms in total. The lowest BCUT2D eigenvalue weighted by Crippen LogP contribution is -2.30. The Balaban J connectivity index is 1.93. The van der Waals surface area contributed by atoms with Crippen molar-refractivity contribution >= 4 is 29.2 Å². The molecule has 1 aromatic heterocycles. The molecule has 1 aliphatic rings. The van der Waals surface area contributed by atoms with Crippen molar-refractivity contribution in [2.24, 2.45) is 4.99 Å². The van der Waals surface area contributed by atoms with E-state index in [1.165, 1.54) is 12.1 Å². The molecule has 0 bridgehead atoms. The highest BCUT2D eigenvalue weighted by atomic mass is 16.3. The van der Waals surface area contributed by atoms with Gasteiger partial charge in [-0.3, -0.25) is 14.8 Å². The number of rotatable bonds is 2. The Hall–Kier alpha value is -4.18. The highest BCUT2D eigenvalue weighted by Crippen LogP contribution is 2.32. The second-order valence-corrected chi connectivity index (χ2v) is 5.84. The maximum absolute atomic E-state index is 12.3. The number of aromatic nitrogens is 2. The molecule has 130 valence electrons. The van der Waals surface area contributed by atoms with Gasteiger partial charge in [0.1, 0.15) is 5.56 Å². The first kappa shape index (κ1) is 16.3. The summed E-state index contributed by atoms with van der Waals surface area (Å²) in [6, 6.07) is 13.6. The van der Waals surface area contributed by atoms with Gasteiger partial charge < -0.3 is 5.11 Å². The average molecular weight is 356 g/mol. The molecule has 2 heterocycles. The molecule has 0 saturated carbocycles. The van der Waals surface area contributed by atoms with E-state index in [-0.39, 0.29) is 11.3 Å². The molecule has 0 aliphatic carbocycles. The van der Waals surface area contributed by atoms with Gasteiger partial charge in [-0.25, -0.2) is 14.2 Å². The maximum atomic E-state index is 12.3. The number of aliphatic imine (C=N–C) groups is 1. The lowest BCUT2D eigenvalue weighted by atomic mass is 10.1. The summed E-state index contributed by atoms with van der Waals surface area (Å²) in [6.45, 7) is 7.10. The average Bonchev–Trinajstić information content (AvgIpc) is 3.08. The first-order valence-electron chi connectivity index (χ1n) is 8.00. The molecule has 0 amide bonds. The van der Waals surface area contributed by atoms with Crippen LogP contribution in [0.15, 0.2) is 63.1 Å². The molecule has 0 radical (unpaired) electrons. The second-order valence-electron chi connectivity index (χ2n) is 5.84. The number of nitrogens with one attached hydrogen (secondary N) is 1. The number of aromatic amines is 1. The number of H-pyrrole nitrogens is 1. The predicted octanol–water partition coefficient (Wildman–Crippen LogP) is 3.04. The van der Waals surface area contributed by atoms with Crippen molar-refractivity contribution in [3.63, 3.8) is 0 Å². The van der Waals surface area contributed by atoms with Gasteiger partial charge in [-0.05, 0) is 24.3 Å². The first-order chi connectivity index (χ1) is 13.1. The van der Waals surface area contributed by atoms with Gasteiger partial charge in [0.25, 0.3) is 5.56 Å². The van der Waals surface area contributed by atoms with Crippen molar-refractivity contribution < 1.29 is 5.11 Å². The minimum absolute atomic E-state index is 0.0685. The van der Waals surface area contributed by atoms with Crippen LogP contribution in [0.1, 0.15) is 11.1 Å². The van der Waals surface area contributed by atoms with E-state index >= 15 is 0 Å². The molecule has 0 fully saturated rings. The Kier molecular flexibility index (Phi) is 3.79. The Morgan fingerprint density at radius 3 is 2.78 bits per heavy atom. The fourth-order valence-electron chi connectivity index (χ4n) is 2.92. The first-order valence-corrected chi connectivity index (χ1v) is 8.00. The van der Waals surface area contributed by atoms with Crippen molar-refractivity contribution in [1.82, 2.24) is 9.55 Å². The second kappa shape index (κ2) is 6.28. The molecule has 0 spiro atoms. The van der Waals surface area contributed by atoms with Gasteiger partial charge in [-0.1, -0.05) is 30.3 Å². The number of hydrogen-bond acceptors (Lipinski definition) is 4. The van der Waals surface area contributed by atoms with Crippen molar-refractivity contribution in [3.8, 4) is 11.6 Å². The topological polar surface area (TPSA) is 91.8 Å². The van der Waals surface area contributed by atoms with Gasteiger partial charge in [0, 0.05) is 23.0 Å². The largest absolute Gasteiger partial charge is 0.494 e. The molecule has 2 aromatic carbocycles. The van der Waals surface area contributed by atoms with Crippen LogP contribution in [-0.2, 0) is 0 Å². The fraction of sp³-hybridized carbons (Fsp3) is 0. The Labute approximate surface area is 153 Å². The minimum Gasteiger partial charge on any atom is -0.494 e. The lowest BCUT2D eigenvalue weighted by Gasteiger charge is -2.10. The molecule has 0 atom stereocenters. The van der Waals surface area contributed by atoms with E-state index in [1.807, 2.05) is 24.3 Å². The normalized spacial score (nSPS) is 13.5. The van der Waals surface area contributed by atoms with Crippen LogP contribution >= 0.6 is 0 Å². The van der Waals surface area contributed by atoms with Crippen LogP contribution in [0, 0.1) is 6.57 Å². The summed E-state index contributed by atoms with van der Waals surface area (Å²) in [7, 11) is 0. The molecule has 4 rings (SSSR count). The van der Waals surface area contributed by atoms with Crippen LogP contribution in [0.2, 0.25) is 0 Å². The maximum Gasteiger partial charge on any atom is 0.335 e. The molecule has 3 aromatic rings. The molecular weight excluding hydrogens is 344 g/mol. The van der Waals surface area contributed by atoms with E-state index in [4.69, 9.17) is 6.57 Å². The van der Waals surface area contributed by atoms with Gasteiger partial charge in [0.2, 0.25) is 5.88 Å². The third-order valence-corrected chi connectivity index (χ3v) is 4.20. The monoisotopic (exact) mass is 356 g/mol. The summed E-state index contributed by atoms with van der Waals surface area (Å²) in [5.74, 6) is -0.504. The van der Waals surface area contributed by atoms with Crippen LogP contribution in [-0.4, -0.2) is 20.9 Å². The highest BCUT2D eigenvalue weighted by Gasteiger charge is 2.17. The van der Waals surface area contributed by atoms with Crippen LogP contribution in [0.5, 0.6) is 5.88 Å². The number of aromatic hydroxyl groups is 1. The van der Waals surface area contributed by atoms with E-state index in [9.17, 15) is 14.7 Å². The predicted molar refractivity (Wildman–Crippen MR) is 103 cm³/mol. The number of para-hydroxylation sites is 1. The van der Waals surface area contributed by atoms with Crippen molar-refractivity contribution in [2.45, 2.75) is 0 Å². The van der Waals surface area contributed by atoms with Gasteiger partial charge in [0.05, 0.1) is 12.3 Å². The number of fused-ring (bicyclic) bond motifs is 1. The molecule has 2 N–H and O–H groups in total. The zero-order valence-corrected chi connectivity index (χ0v) is 13.9. The van der Waals surface area contributed by atoms with Gasteiger partial charge in [0.15, 0.2) is 5.69 Å². The molecule has 1 aliphatic heterocycles. The molecule has 7 heteroatoms. The molecular formula is C20H12N4O3. The summed E-state index contributed by atoms with van der Waals surface area (Å²) in [4.78, 5) is 34.4. The summed E-state index contributed by atoms with van der Waals surface area (Å²) >= 11 is 0. The van der Waals surface area contributed by atoms with E-state index in [1.54, 1.807) is 24.4 Å². The SMILES string of the molecule is [C-]#[N+]c1cccc(-n2c(O)c(/C=C3\C=Nc4ccccc43)c(=O)[nH]c2=O)c1. The number of hydrogen-bond donors (Lipinski definition) is 2. The molecule has 0 unspecified atom stereocenters. The van der Waals surface area contributed by atoms with E-state index < -0.39 is 17.1 Å². The zero-order valence-electron chi connectivity index (χ0n) is 13.9. The number of benzene rings is 2. The third-order valence-electron chi connectivity index (χ3n) is 4.20. The van der Waals surface area contributed by atoms with E-state index in [0.29, 0.717) is 11.3 Å². The fourth-order valence-corrected chi connectivity index (χ4v) is 2.92. The van der Waals surface area contributed by atoms with Crippen molar-refractivity contribution in [3.05, 3.63) is 91.9 Å². The summed E-state index contributed by atoms with van der Waals surface area (Å²) in [6.07, 6.45) is 3.08. The zero-order chi connectivity index (χ0) is 19.0.